The first-order valence-corrected chi connectivity index (χ1v) is 9.03. The Labute approximate surface area is 138 Å². The molecule has 1 N–H and O–H groups in total. The average Bonchev–Trinajstić information content (AvgIpc) is 2.99. The molecular weight excluding hydrogens is 334 g/mol. The third kappa shape index (κ3) is 2.99. The van der Waals surface area contributed by atoms with E-state index < -0.39 is 33.0 Å². The molecule has 0 bridgehead atoms. The van der Waals surface area contributed by atoms with Crippen LogP contribution < -0.4 is 4.31 Å². The maximum atomic E-state index is 13.8. The third-order valence-electron chi connectivity index (χ3n) is 3.84. The Morgan fingerprint density at radius 3 is 2.46 bits per heavy atom. The van der Waals surface area contributed by atoms with Gasteiger partial charge in [-0.3, -0.25) is 4.31 Å². The molecule has 3 aromatic rings. The number of H-pyrrole nitrogens is 1. The SMILES string of the molecule is CCN(c1ccc2[nH]ccc2c1)S(=O)(=O)Cc1c(F)cccc1F. The van der Waals surface area contributed by atoms with Crippen molar-refractivity contribution < 1.29 is 17.2 Å². The monoisotopic (exact) mass is 350 g/mol. The molecule has 1 aromatic heterocycles. The van der Waals surface area contributed by atoms with Gasteiger partial charge in [0.05, 0.1) is 5.69 Å². The van der Waals surface area contributed by atoms with Crippen LogP contribution in [-0.4, -0.2) is 19.9 Å². The molecule has 0 aliphatic heterocycles. The van der Waals surface area contributed by atoms with Crippen LogP contribution in [0.3, 0.4) is 0 Å². The predicted molar refractivity (Wildman–Crippen MR) is 90.3 cm³/mol. The van der Waals surface area contributed by atoms with E-state index in [1.54, 1.807) is 31.3 Å². The van der Waals surface area contributed by atoms with E-state index in [0.717, 1.165) is 27.3 Å². The normalized spacial score (nSPS) is 11.8. The van der Waals surface area contributed by atoms with Crippen molar-refractivity contribution >= 4 is 26.6 Å². The standard InChI is InChI=1S/C17H16F2N2O2S/c1-2-21(13-6-7-17-12(10-13)8-9-20-17)24(22,23)11-14-15(18)4-3-5-16(14)19/h3-10,20H,2,11H2,1H3. The molecule has 0 atom stereocenters. The summed E-state index contributed by atoms with van der Waals surface area (Å²) >= 11 is 0. The van der Waals surface area contributed by atoms with Gasteiger partial charge in [0.1, 0.15) is 17.4 Å². The van der Waals surface area contributed by atoms with Gasteiger partial charge in [-0.15, -0.1) is 0 Å². The van der Waals surface area contributed by atoms with Gasteiger partial charge in [0, 0.05) is 29.2 Å². The largest absolute Gasteiger partial charge is 0.361 e. The molecule has 0 spiro atoms. The lowest BCUT2D eigenvalue weighted by Gasteiger charge is -2.23. The molecule has 0 aliphatic carbocycles. The first-order valence-electron chi connectivity index (χ1n) is 7.43. The molecule has 3 rings (SSSR count). The van der Waals surface area contributed by atoms with Gasteiger partial charge in [0.15, 0.2) is 0 Å². The zero-order chi connectivity index (χ0) is 17.3. The minimum atomic E-state index is -3.93. The Balaban J connectivity index is 1.99. The molecule has 2 aromatic carbocycles. The summed E-state index contributed by atoms with van der Waals surface area (Å²) in [4.78, 5) is 3.03. The molecule has 0 saturated carbocycles. The fourth-order valence-corrected chi connectivity index (χ4v) is 4.29. The lowest BCUT2D eigenvalue weighted by Crippen LogP contribution is -2.32. The zero-order valence-electron chi connectivity index (χ0n) is 13.0. The first kappa shape index (κ1) is 16.4. The van der Waals surface area contributed by atoms with Crippen LogP contribution in [-0.2, 0) is 15.8 Å². The van der Waals surface area contributed by atoms with Gasteiger partial charge in [0.25, 0.3) is 0 Å². The molecule has 0 unspecified atom stereocenters. The van der Waals surface area contributed by atoms with E-state index in [4.69, 9.17) is 0 Å². The summed E-state index contributed by atoms with van der Waals surface area (Å²) < 4.78 is 54.1. The first-order chi connectivity index (χ1) is 11.4. The molecule has 0 fully saturated rings. The molecular formula is C17H16F2N2O2S. The smallest absolute Gasteiger partial charge is 0.239 e. The van der Waals surface area contributed by atoms with Crippen molar-refractivity contribution in [3.63, 3.8) is 0 Å². The van der Waals surface area contributed by atoms with Crippen molar-refractivity contribution in [3.8, 4) is 0 Å². The van der Waals surface area contributed by atoms with Crippen molar-refractivity contribution in [1.29, 1.82) is 0 Å². The van der Waals surface area contributed by atoms with E-state index >= 15 is 0 Å². The summed E-state index contributed by atoms with van der Waals surface area (Å²) in [6.45, 7) is 1.84. The molecule has 0 aliphatic rings. The summed E-state index contributed by atoms with van der Waals surface area (Å²) in [6.07, 6.45) is 1.76. The van der Waals surface area contributed by atoms with Crippen molar-refractivity contribution in [2.45, 2.75) is 12.7 Å². The number of sulfonamides is 1. The van der Waals surface area contributed by atoms with Crippen LogP contribution in [0.15, 0.2) is 48.7 Å². The van der Waals surface area contributed by atoms with Gasteiger partial charge in [-0.1, -0.05) is 6.07 Å². The molecule has 0 saturated heterocycles. The number of hydrogen-bond acceptors (Lipinski definition) is 2. The summed E-state index contributed by atoms with van der Waals surface area (Å²) in [5.74, 6) is -2.46. The van der Waals surface area contributed by atoms with E-state index in [0.29, 0.717) is 5.69 Å². The van der Waals surface area contributed by atoms with E-state index in [1.165, 1.54) is 6.07 Å². The average molecular weight is 350 g/mol. The number of nitrogens with zero attached hydrogens (tertiary/aromatic N) is 1. The topological polar surface area (TPSA) is 53.2 Å². The summed E-state index contributed by atoms with van der Waals surface area (Å²) in [5, 5.41) is 0.859. The Bertz CT molecular complexity index is 963. The van der Waals surface area contributed by atoms with Crippen LogP contribution in [0, 0.1) is 11.6 Å². The summed E-state index contributed by atoms with van der Waals surface area (Å²) in [7, 11) is -3.93. The minimum absolute atomic E-state index is 0.161. The van der Waals surface area contributed by atoms with Gasteiger partial charge in [-0.25, -0.2) is 17.2 Å². The van der Waals surface area contributed by atoms with Gasteiger partial charge < -0.3 is 4.98 Å². The fraction of sp³-hybridized carbons (Fsp3) is 0.176. The quantitative estimate of drug-likeness (QED) is 0.761. The number of benzene rings is 2. The van der Waals surface area contributed by atoms with Gasteiger partial charge in [-0.2, -0.15) is 0 Å². The lowest BCUT2D eigenvalue weighted by atomic mass is 10.2. The van der Waals surface area contributed by atoms with E-state index in [-0.39, 0.29) is 6.54 Å². The number of rotatable bonds is 5. The third-order valence-corrected chi connectivity index (χ3v) is 5.63. The van der Waals surface area contributed by atoms with Crippen LogP contribution in [0.1, 0.15) is 12.5 Å². The number of hydrogen-bond donors (Lipinski definition) is 1. The molecule has 24 heavy (non-hydrogen) atoms. The van der Waals surface area contributed by atoms with E-state index in [2.05, 4.69) is 4.98 Å². The number of anilines is 1. The van der Waals surface area contributed by atoms with Crippen LogP contribution >= 0.6 is 0 Å². The van der Waals surface area contributed by atoms with Crippen LogP contribution in [0.2, 0.25) is 0 Å². The van der Waals surface area contributed by atoms with E-state index in [9.17, 15) is 17.2 Å². The number of nitrogens with one attached hydrogen (secondary N) is 1. The summed E-state index contributed by atoms with van der Waals surface area (Å²) in [6, 6.07) is 10.3. The number of aromatic amines is 1. The van der Waals surface area contributed by atoms with Crippen molar-refractivity contribution in [3.05, 3.63) is 65.9 Å². The minimum Gasteiger partial charge on any atom is -0.361 e. The van der Waals surface area contributed by atoms with Crippen LogP contribution in [0.5, 0.6) is 0 Å². The Morgan fingerprint density at radius 1 is 1.08 bits per heavy atom. The van der Waals surface area contributed by atoms with Gasteiger partial charge in [0.2, 0.25) is 10.0 Å². The maximum absolute atomic E-state index is 13.8. The molecule has 0 radical (unpaired) electrons. The number of halogens is 2. The highest BCUT2D eigenvalue weighted by Gasteiger charge is 2.25. The van der Waals surface area contributed by atoms with Crippen LogP contribution in [0.4, 0.5) is 14.5 Å². The molecule has 0 amide bonds. The zero-order valence-corrected chi connectivity index (χ0v) is 13.8. The fourth-order valence-electron chi connectivity index (χ4n) is 2.67. The summed E-state index contributed by atoms with van der Waals surface area (Å²) in [5.41, 5.74) is 0.896. The van der Waals surface area contributed by atoms with Crippen molar-refractivity contribution in [2.75, 3.05) is 10.8 Å². The highest BCUT2D eigenvalue weighted by molar-refractivity contribution is 7.92. The molecule has 7 heteroatoms. The second-order valence-electron chi connectivity index (χ2n) is 5.37. The Hall–Kier alpha value is -2.41. The highest BCUT2D eigenvalue weighted by Crippen LogP contribution is 2.26. The maximum Gasteiger partial charge on any atom is 0.239 e. The second-order valence-corrected chi connectivity index (χ2v) is 7.26. The lowest BCUT2D eigenvalue weighted by molar-refractivity contribution is 0.554. The molecule has 4 nitrogen and oxygen atoms in total. The van der Waals surface area contributed by atoms with Gasteiger partial charge >= 0.3 is 0 Å². The molecule has 1 heterocycles. The predicted octanol–water partition coefficient (Wildman–Crippen LogP) is 3.80. The van der Waals surface area contributed by atoms with E-state index in [1.807, 2.05) is 6.07 Å². The number of aromatic nitrogens is 1. The van der Waals surface area contributed by atoms with Crippen LogP contribution in [0.25, 0.3) is 10.9 Å². The van der Waals surface area contributed by atoms with Crippen molar-refractivity contribution in [1.82, 2.24) is 4.98 Å². The van der Waals surface area contributed by atoms with Gasteiger partial charge in [-0.05, 0) is 43.3 Å². The second kappa shape index (κ2) is 6.24. The number of fused-ring (bicyclic) bond motifs is 1. The Kier molecular flexibility index (Phi) is 4.28. The Morgan fingerprint density at radius 2 is 1.79 bits per heavy atom. The van der Waals surface area contributed by atoms with Crippen molar-refractivity contribution in [2.24, 2.45) is 0 Å². The highest BCUT2D eigenvalue weighted by atomic mass is 32.2. The molecule has 126 valence electrons.